The van der Waals surface area contributed by atoms with Gasteiger partial charge < -0.3 is 15.0 Å². The van der Waals surface area contributed by atoms with Crippen LogP contribution in [0.15, 0.2) is 54.9 Å². The molecular formula is C17H16N2O2. The highest BCUT2D eigenvalue weighted by atomic mass is 16.3. The van der Waals surface area contributed by atoms with Crippen LogP contribution in [0, 0.1) is 0 Å². The maximum atomic E-state index is 12.2. The van der Waals surface area contributed by atoms with Crippen molar-refractivity contribution in [3.05, 3.63) is 66.0 Å². The van der Waals surface area contributed by atoms with Crippen molar-refractivity contribution in [2.24, 2.45) is 7.05 Å². The number of carbonyl (C=O) groups excluding carboxylic acids is 1. The lowest BCUT2D eigenvalue weighted by Crippen LogP contribution is -2.22. The van der Waals surface area contributed by atoms with E-state index in [1.54, 1.807) is 12.1 Å². The molecule has 0 spiro atoms. The highest BCUT2D eigenvalue weighted by Gasteiger charge is 2.13. The maximum absolute atomic E-state index is 12.2. The van der Waals surface area contributed by atoms with Crippen LogP contribution in [-0.4, -0.2) is 15.6 Å². The Bertz CT molecular complexity index is 805. The molecule has 1 amide bonds. The number of hydrogen-bond acceptors (Lipinski definition) is 2. The average molecular weight is 280 g/mol. The monoisotopic (exact) mass is 280 g/mol. The molecule has 21 heavy (non-hydrogen) atoms. The number of aromatic nitrogens is 1. The van der Waals surface area contributed by atoms with Gasteiger partial charge in [0.1, 0.15) is 5.75 Å². The number of hydrogen-bond donors (Lipinski definition) is 2. The molecule has 3 rings (SSSR count). The Labute approximate surface area is 122 Å². The second-order valence-corrected chi connectivity index (χ2v) is 5.05. The summed E-state index contributed by atoms with van der Waals surface area (Å²) in [6.07, 6.45) is 3.87. The van der Waals surface area contributed by atoms with Gasteiger partial charge in [-0.05, 0) is 23.1 Å². The number of rotatable bonds is 3. The van der Waals surface area contributed by atoms with Crippen molar-refractivity contribution in [2.45, 2.75) is 6.54 Å². The Balaban J connectivity index is 1.82. The van der Waals surface area contributed by atoms with Crippen molar-refractivity contribution in [1.82, 2.24) is 9.88 Å². The van der Waals surface area contributed by atoms with Gasteiger partial charge in [-0.25, -0.2) is 0 Å². The van der Waals surface area contributed by atoms with E-state index in [0.717, 1.165) is 10.9 Å². The van der Waals surface area contributed by atoms with Crippen LogP contribution in [0.1, 0.15) is 15.9 Å². The zero-order valence-corrected chi connectivity index (χ0v) is 11.7. The first-order valence-corrected chi connectivity index (χ1v) is 6.75. The van der Waals surface area contributed by atoms with Crippen molar-refractivity contribution in [1.29, 1.82) is 0 Å². The normalized spacial score (nSPS) is 10.7. The Hall–Kier alpha value is -2.75. The zero-order valence-electron chi connectivity index (χ0n) is 11.7. The van der Waals surface area contributed by atoms with Crippen LogP contribution in [0.5, 0.6) is 5.75 Å². The molecule has 0 fully saturated rings. The molecule has 4 heteroatoms. The molecule has 0 aliphatic rings. The fourth-order valence-electron chi connectivity index (χ4n) is 2.38. The number of phenolic OH excluding ortho intramolecular Hbond substituents is 1. The van der Waals surface area contributed by atoms with Gasteiger partial charge in [0, 0.05) is 31.4 Å². The molecule has 1 aromatic heterocycles. The lowest BCUT2D eigenvalue weighted by molar-refractivity contribution is 0.0948. The number of amides is 1. The molecule has 0 aliphatic carbocycles. The molecule has 0 bridgehead atoms. The predicted molar refractivity (Wildman–Crippen MR) is 82.2 cm³/mol. The maximum Gasteiger partial charge on any atom is 0.255 e. The fraction of sp³-hybridized carbons (Fsp3) is 0.118. The summed E-state index contributed by atoms with van der Waals surface area (Å²) in [5.74, 6) is -0.249. The number of nitrogens with zero attached hydrogens (tertiary/aromatic N) is 1. The molecule has 0 saturated heterocycles. The van der Waals surface area contributed by atoms with Gasteiger partial charge in [0.25, 0.3) is 5.91 Å². The lowest BCUT2D eigenvalue weighted by atomic mass is 10.0. The first-order valence-electron chi connectivity index (χ1n) is 6.75. The van der Waals surface area contributed by atoms with Gasteiger partial charge in [-0.1, -0.05) is 30.3 Å². The second-order valence-electron chi connectivity index (χ2n) is 5.05. The van der Waals surface area contributed by atoms with E-state index in [4.69, 9.17) is 0 Å². The van der Waals surface area contributed by atoms with Crippen molar-refractivity contribution < 1.29 is 9.90 Å². The molecule has 0 radical (unpaired) electrons. The van der Waals surface area contributed by atoms with Crippen LogP contribution < -0.4 is 5.32 Å². The van der Waals surface area contributed by atoms with Crippen LogP contribution >= 0.6 is 0 Å². The molecule has 1 heterocycles. The summed E-state index contributed by atoms with van der Waals surface area (Å²) < 4.78 is 1.93. The van der Waals surface area contributed by atoms with E-state index < -0.39 is 0 Å². The number of phenols is 1. The third-order valence-corrected chi connectivity index (χ3v) is 3.49. The van der Waals surface area contributed by atoms with Gasteiger partial charge in [-0.3, -0.25) is 4.79 Å². The number of aromatic hydroxyl groups is 1. The van der Waals surface area contributed by atoms with Gasteiger partial charge >= 0.3 is 0 Å². The summed E-state index contributed by atoms with van der Waals surface area (Å²) in [7, 11) is 1.93. The Kier molecular flexibility index (Phi) is 3.36. The van der Waals surface area contributed by atoms with Gasteiger partial charge in [0.15, 0.2) is 0 Å². The molecule has 2 aromatic carbocycles. The molecule has 0 aliphatic heterocycles. The molecule has 0 unspecified atom stereocenters. The van der Waals surface area contributed by atoms with Crippen LogP contribution in [0.3, 0.4) is 0 Å². The SMILES string of the molecule is Cn1ccc(CNC(=O)c2ccc3ccccc3c2O)c1. The molecule has 2 N–H and O–H groups in total. The molecule has 0 saturated carbocycles. The van der Waals surface area contributed by atoms with Crippen LogP contribution in [0.2, 0.25) is 0 Å². The van der Waals surface area contributed by atoms with Crippen molar-refractivity contribution in [3.63, 3.8) is 0 Å². The van der Waals surface area contributed by atoms with E-state index in [0.29, 0.717) is 17.5 Å². The molecule has 0 atom stereocenters. The summed E-state index contributed by atoms with van der Waals surface area (Å²) in [6, 6.07) is 12.9. The average Bonchev–Trinajstić information content (AvgIpc) is 2.91. The third-order valence-electron chi connectivity index (χ3n) is 3.49. The summed E-state index contributed by atoms with van der Waals surface area (Å²) >= 11 is 0. The summed E-state index contributed by atoms with van der Waals surface area (Å²) in [5.41, 5.74) is 1.32. The Morgan fingerprint density at radius 3 is 2.76 bits per heavy atom. The predicted octanol–water partition coefficient (Wildman–Crippen LogP) is 2.81. The van der Waals surface area contributed by atoms with Crippen molar-refractivity contribution >= 4 is 16.7 Å². The summed E-state index contributed by atoms with van der Waals surface area (Å²) in [4.78, 5) is 12.2. The topological polar surface area (TPSA) is 54.3 Å². The number of nitrogens with one attached hydrogen (secondary N) is 1. The standard InChI is InChI=1S/C17H16N2O2/c1-19-9-8-12(11-19)10-18-17(21)15-7-6-13-4-2-3-5-14(13)16(15)20/h2-9,11,20H,10H2,1H3,(H,18,21). The molecule has 3 aromatic rings. The van der Waals surface area contributed by atoms with E-state index in [1.807, 2.05) is 54.3 Å². The lowest BCUT2D eigenvalue weighted by Gasteiger charge is -2.08. The number of benzene rings is 2. The summed E-state index contributed by atoms with van der Waals surface area (Å²) in [6.45, 7) is 0.436. The van der Waals surface area contributed by atoms with E-state index in [9.17, 15) is 9.90 Å². The highest BCUT2D eigenvalue weighted by Crippen LogP contribution is 2.28. The van der Waals surface area contributed by atoms with Crippen LogP contribution in [-0.2, 0) is 13.6 Å². The fourth-order valence-corrected chi connectivity index (χ4v) is 2.38. The van der Waals surface area contributed by atoms with Crippen molar-refractivity contribution in [3.8, 4) is 5.75 Å². The quantitative estimate of drug-likeness (QED) is 0.775. The number of fused-ring (bicyclic) bond motifs is 1. The van der Waals surface area contributed by atoms with E-state index in [-0.39, 0.29) is 11.7 Å². The molecule has 106 valence electrons. The van der Waals surface area contributed by atoms with Crippen LogP contribution in [0.4, 0.5) is 0 Å². The van der Waals surface area contributed by atoms with E-state index in [1.165, 1.54) is 0 Å². The van der Waals surface area contributed by atoms with Gasteiger partial charge in [0.05, 0.1) is 5.56 Å². The first-order chi connectivity index (χ1) is 10.1. The first kappa shape index (κ1) is 13.2. The van der Waals surface area contributed by atoms with Gasteiger partial charge in [-0.15, -0.1) is 0 Å². The van der Waals surface area contributed by atoms with Crippen LogP contribution in [0.25, 0.3) is 10.8 Å². The van der Waals surface area contributed by atoms with Gasteiger partial charge in [0.2, 0.25) is 0 Å². The Morgan fingerprint density at radius 2 is 2.00 bits per heavy atom. The Morgan fingerprint density at radius 1 is 1.19 bits per heavy atom. The van der Waals surface area contributed by atoms with E-state index >= 15 is 0 Å². The molecule has 4 nitrogen and oxygen atoms in total. The van der Waals surface area contributed by atoms with Crippen molar-refractivity contribution in [2.75, 3.05) is 0 Å². The molecular weight excluding hydrogens is 264 g/mol. The minimum Gasteiger partial charge on any atom is -0.506 e. The second kappa shape index (κ2) is 5.32. The largest absolute Gasteiger partial charge is 0.506 e. The summed E-state index contributed by atoms with van der Waals surface area (Å²) in [5, 5.41) is 14.7. The van der Waals surface area contributed by atoms with E-state index in [2.05, 4.69) is 5.32 Å². The number of aryl methyl sites for hydroxylation is 1. The van der Waals surface area contributed by atoms with Gasteiger partial charge in [-0.2, -0.15) is 0 Å². The third kappa shape index (κ3) is 2.60. The minimum absolute atomic E-state index is 0.0265. The number of carbonyl (C=O) groups is 1. The minimum atomic E-state index is -0.276. The highest BCUT2D eigenvalue weighted by molar-refractivity contribution is 6.03. The zero-order chi connectivity index (χ0) is 14.8. The smallest absolute Gasteiger partial charge is 0.255 e.